The van der Waals surface area contributed by atoms with E-state index in [1.165, 1.54) is 32.4 Å². The summed E-state index contributed by atoms with van der Waals surface area (Å²) in [6.45, 7) is 4.36. The molecular weight excluding hydrogens is 268 g/mol. The monoisotopic (exact) mass is 288 g/mol. The second-order valence-electron chi connectivity index (χ2n) is 5.12. The zero-order valence-electron chi connectivity index (χ0n) is 9.99. The van der Waals surface area contributed by atoms with E-state index < -0.39 is 0 Å². The molecule has 0 N–H and O–H groups in total. The molecule has 1 unspecified atom stereocenters. The van der Waals surface area contributed by atoms with E-state index in [-0.39, 0.29) is 4.83 Å². The van der Waals surface area contributed by atoms with E-state index in [4.69, 9.17) is 0 Å². The number of piperidine rings is 1. The quantitative estimate of drug-likeness (QED) is 0.739. The molecule has 0 saturated carbocycles. The molecule has 2 fully saturated rings. The van der Waals surface area contributed by atoms with Crippen LogP contribution >= 0.6 is 15.9 Å². The maximum Gasteiger partial charge on any atom is 0.236 e. The van der Waals surface area contributed by atoms with Gasteiger partial charge in [-0.15, -0.1) is 0 Å². The molecule has 0 aliphatic carbocycles. The van der Waals surface area contributed by atoms with Crippen LogP contribution < -0.4 is 0 Å². The molecule has 3 nitrogen and oxygen atoms in total. The number of carbonyl (C=O) groups excluding carboxylic acids is 1. The number of hydrogen-bond donors (Lipinski definition) is 0. The van der Waals surface area contributed by atoms with E-state index >= 15 is 0 Å². The van der Waals surface area contributed by atoms with Crippen LogP contribution in [-0.4, -0.2) is 53.8 Å². The van der Waals surface area contributed by atoms with Crippen molar-refractivity contribution in [3.8, 4) is 0 Å². The summed E-state index contributed by atoms with van der Waals surface area (Å²) in [7, 11) is 2.19. The van der Waals surface area contributed by atoms with Crippen LogP contribution in [0.1, 0.15) is 25.7 Å². The molecule has 0 aromatic heterocycles. The van der Waals surface area contributed by atoms with Crippen LogP contribution in [0.2, 0.25) is 0 Å². The second kappa shape index (κ2) is 5.50. The lowest BCUT2D eigenvalue weighted by Gasteiger charge is -2.30. The topological polar surface area (TPSA) is 23.6 Å². The van der Waals surface area contributed by atoms with Crippen molar-refractivity contribution in [2.75, 3.05) is 33.2 Å². The molecule has 2 heterocycles. The third-order valence-electron chi connectivity index (χ3n) is 3.88. The summed E-state index contributed by atoms with van der Waals surface area (Å²) in [5.41, 5.74) is 0. The molecule has 0 radical (unpaired) electrons. The number of rotatable bonds is 3. The smallest absolute Gasteiger partial charge is 0.236 e. The molecule has 2 saturated heterocycles. The Hall–Kier alpha value is -0.0900. The molecule has 0 spiro atoms. The van der Waals surface area contributed by atoms with Crippen molar-refractivity contribution in [3.05, 3.63) is 0 Å². The molecule has 4 heteroatoms. The van der Waals surface area contributed by atoms with Crippen LogP contribution in [-0.2, 0) is 4.79 Å². The lowest BCUT2D eigenvalue weighted by atomic mass is 9.94. The molecule has 2 aliphatic heterocycles. The van der Waals surface area contributed by atoms with E-state index in [0.717, 1.165) is 25.4 Å². The largest absolute Gasteiger partial charge is 0.342 e. The van der Waals surface area contributed by atoms with Gasteiger partial charge in [0.25, 0.3) is 0 Å². The van der Waals surface area contributed by atoms with Gasteiger partial charge in [0.05, 0.1) is 4.83 Å². The molecule has 1 amide bonds. The average molecular weight is 289 g/mol. The fourth-order valence-corrected chi connectivity index (χ4v) is 3.11. The second-order valence-corrected chi connectivity index (χ2v) is 6.22. The number of hydrogen-bond acceptors (Lipinski definition) is 2. The number of carbonyl (C=O) groups is 1. The zero-order chi connectivity index (χ0) is 11.5. The number of amides is 1. The Labute approximate surface area is 106 Å². The fourth-order valence-electron chi connectivity index (χ4n) is 2.61. The maximum atomic E-state index is 11.7. The molecule has 2 aliphatic rings. The van der Waals surface area contributed by atoms with Crippen molar-refractivity contribution in [3.63, 3.8) is 0 Å². The van der Waals surface area contributed by atoms with Gasteiger partial charge in [-0.3, -0.25) is 4.79 Å². The van der Waals surface area contributed by atoms with Gasteiger partial charge < -0.3 is 9.80 Å². The van der Waals surface area contributed by atoms with E-state index in [9.17, 15) is 4.79 Å². The van der Waals surface area contributed by atoms with Gasteiger partial charge >= 0.3 is 0 Å². The summed E-state index contributed by atoms with van der Waals surface area (Å²) >= 11 is 3.42. The number of alkyl halides is 1. The summed E-state index contributed by atoms with van der Waals surface area (Å²) in [4.78, 5) is 16.2. The summed E-state index contributed by atoms with van der Waals surface area (Å²) in [5, 5.41) is 0. The van der Waals surface area contributed by atoms with Gasteiger partial charge in [0.15, 0.2) is 0 Å². The van der Waals surface area contributed by atoms with E-state index in [1.807, 2.05) is 4.90 Å². The Kier molecular flexibility index (Phi) is 4.25. The predicted molar refractivity (Wildman–Crippen MR) is 68.8 cm³/mol. The first-order chi connectivity index (χ1) is 7.66. The Balaban J connectivity index is 1.70. The van der Waals surface area contributed by atoms with Crippen LogP contribution in [0.25, 0.3) is 0 Å². The van der Waals surface area contributed by atoms with Gasteiger partial charge in [-0.25, -0.2) is 0 Å². The molecule has 92 valence electrons. The van der Waals surface area contributed by atoms with Crippen molar-refractivity contribution in [2.45, 2.75) is 30.5 Å². The number of halogens is 1. The van der Waals surface area contributed by atoms with Gasteiger partial charge in [0.2, 0.25) is 5.91 Å². The SMILES string of the molecule is CN1CCC(CCN2CCC(Br)C2=O)CC1. The predicted octanol–water partition coefficient (Wildman–Crippen LogP) is 1.71. The van der Waals surface area contributed by atoms with Crippen molar-refractivity contribution in [1.82, 2.24) is 9.80 Å². The minimum atomic E-state index is 0.0880. The van der Waals surface area contributed by atoms with E-state index in [1.54, 1.807) is 0 Å². The summed E-state index contributed by atoms with van der Waals surface area (Å²) in [5.74, 6) is 1.13. The Bertz CT molecular complexity index is 251. The summed E-state index contributed by atoms with van der Waals surface area (Å²) in [6, 6.07) is 0. The normalized spacial score (nSPS) is 29.0. The highest BCUT2D eigenvalue weighted by Gasteiger charge is 2.29. The van der Waals surface area contributed by atoms with Gasteiger partial charge in [0, 0.05) is 13.1 Å². The third kappa shape index (κ3) is 2.98. The first-order valence-corrected chi connectivity index (χ1v) is 7.20. The first-order valence-electron chi connectivity index (χ1n) is 6.28. The lowest BCUT2D eigenvalue weighted by molar-refractivity contribution is -0.127. The van der Waals surface area contributed by atoms with Crippen molar-refractivity contribution in [2.24, 2.45) is 5.92 Å². The highest BCUT2D eigenvalue weighted by atomic mass is 79.9. The molecule has 16 heavy (non-hydrogen) atoms. The molecule has 0 bridgehead atoms. The number of nitrogens with zero attached hydrogens (tertiary/aromatic N) is 2. The van der Waals surface area contributed by atoms with Crippen LogP contribution in [0.4, 0.5) is 0 Å². The van der Waals surface area contributed by atoms with Gasteiger partial charge in [-0.1, -0.05) is 15.9 Å². The third-order valence-corrected chi connectivity index (χ3v) is 4.73. The summed E-state index contributed by atoms with van der Waals surface area (Å²) < 4.78 is 0. The maximum absolute atomic E-state index is 11.7. The van der Waals surface area contributed by atoms with Crippen LogP contribution in [0, 0.1) is 5.92 Å². The molecule has 0 aromatic rings. The average Bonchev–Trinajstić information content (AvgIpc) is 2.60. The minimum absolute atomic E-state index is 0.0880. The fraction of sp³-hybridized carbons (Fsp3) is 0.917. The Morgan fingerprint density at radius 1 is 1.25 bits per heavy atom. The van der Waals surface area contributed by atoms with Crippen molar-refractivity contribution in [1.29, 1.82) is 0 Å². The zero-order valence-corrected chi connectivity index (χ0v) is 11.6. The van der Waals surface area contributed by atoms with Gasteiger partial charge in [-0.05, 0) is 51.7 Å². The molecule has 2 rings (SSSR count). The number of likely N-dealkylation sites (tertiary alicyclic amines) is 2. The van der Waals surface area contributed by atoms with Crippen LogP contribution in [0.3, 0.4) is 0 Å². The Morgan fingerprint density at radius 2 is 1.94 bits per heavy atom. The molecule has 1 atom stereocenters. The Morgan fingerprint density at radius 3 is 2.50 bits per heavy atom. The molecule has 0 aromatic carbocycles. The standard InChI is InChI=1S/C12H21BrN2O/c1-14-6-2-10(3-7-14)4-8-15-9-5-11(13)12(15)16/h10-11H,2-9H2,1H3. The highest BCUT2D eigenvalue weighted by molar-refractivity contribution is 9.10. The van der Waals surface area contributed by atoms with Crippen molar-refractivity contribution >= 4 is 21.8 Å². The van der Waals surface area contributed by atoms with Gasteiger partial charge in [0.1, 0.15) is 0 Å². The van der Waals surface area contributed by atoms with Crippen LogP contribution in [0.5, 0.6) is 0 Å². The van der Waals surface area contributed by atoms with E-state index in [0.29, 0.717) is 5.91 Å². The highest BCUT2D eigenvalue weighted by Crippen LogP contribution is 2.23. The molecular formula is C12H21BrN2O. The van der Waals surface area contributed by atoms with Crippen molar-refractivity contribution < 1.29 is 4.79 Å². The van der Waals surface area contributed by atoms with E-state index in [2.05, 4.69) is 27.9 Å². The minimum Gasteiger partial charge on any atom is -0.342 e. The van der Waals surface area contributed by atoms with Crippen LogP contribution in [0.15, 0.2) is 0 Å². The summed E-state index contributed by atoms with van der Waals surface area (Å²) in [6.07, 6.45) is 4.78. The first kappa shape index (κ1) is 12.4. The lowest BCUT2D eigenvalue weighted by Crippen LogP contribution is -2.33. The van der Waals surface area contributed by atoms with Gasteiger partial charge in [-0.2, -0.15) is 0 Å².